The van der Waals surface area contributed by atoms with Crippen LogP contribution in [0.25, 0.3) is 0 Å². The van der Waals surface area contributed by atoms with Gasteiger partial charge in [-0.2, -0.15) is 0 Å². The normalized spacial score (nSPS) is 22.7. The lowest BCUT2D eigenvalue weighted by molar-refractivity contribution is -0.126. The highest BCUT2D eigenvalue weighted by atomic mass is 79.9. The number of anilines is 2. The zero-order valence-electron chi connectivity index (χ0n) is 16.6. The quantitative estimate of drug-likeness (QED) is 0.516. The summed E-state index contributed by atoms with van der Waals surface area (Å²) in [5.74, 6) is -0.713. The second kappa shape index (κ2) is 7.83. The lowest BCUT2D eigenvalue weighted by Gasteiger charge is -2.29. The molecule has 2 saturated heterocycles. The van der Waals surface area contributed by atoms with Crippen molar-refractivity contribution in [3.05, 3.63) is 88.9 Å². The molecule has 0 N–H and O–H groups in total. The summed E-state index contributed by atoms with van der Waals surface area (Å²) < 4.78 is 6.45. The van der Waals surface area contributed by atoms with E-state index in [2.05, 4.69) is 15.9 Å². The molecule has 2 heterocycles. The molecule has 0 aromatic heterocycles. The Labute approximate surface area is 188 Å². The van der Waals surface area contributed by atoms with Crippen molar-refractivity contribution in [2.24, 2.45) is 5.92 Å². The Balaban J connectivity index is 1.61. The Morgan fingerprint density at radius 3 is 2.23 bits per heavy atom. The van der Waals surface area contributed by atoms with Gasteiger partial charge in [-0.15, -0.1) is 0 Å². The highest BCUT2D eigenvalue weighted by Crippen LogP contribution is 2.49. The van der Waals surface area contributed by atoms with E-state index in [1.165, 1.54) is 4.90 Å². The summed E-state index contributed by atoms with van der Waals surface area (Å²) in [6.45, 7) is 0. The molecular formula is C24H19BrN2O4. The Morgan fingerprint density at radius 2 is 1.52 bits per heavy atom. The van der Waals surface area contributed by atoms with E-state index >= 15 is 0 Å². The van der Waals surface area contributed by atoms with Crippen molar-refractivity contribution >= 4 is 39.1 Å². The van der Waals surface area contributed by atoms with Gasteiger partial charge in [0.25, 0.3) is 5.91 Å². The Bertz CT molecular complexity index is 1140. The minimum atomic E-state index is -0.911. The number of halogens is 1. The molecule has 3 aromatic carbocycles. The van der Waals surface area contributed by atoms with Crippen molar-refractivity contribution in [3.63, 3.8) is 0 Å². The summed E-state index contributed by atoms with van der Waals surface area (Å²) in [5.41, 5.74) is 2.09. The van der Waals surface area contributed by atoms with Gasteiger partial charge in [-0.05, 0) is 42.5 Å². The summed E-state index contributed by atoms with van der Waals surface area (Å²) in [6.07, 6.45) is -0.911. The maximum absolute atomic E-state index is 13.6. The smallest absolute Gasteiger partial charge is 0.266 e. The van der Waals surface area contributed by atoms with Crippen LogP contribution >= 0.6 is 15.9 Å². The fourth-order valence-corrected chi connectivity index (χ4v) is 4.55. The molecule has 0 aliphatic carbocycles. The molecule has 5 rings (SSSR count). The summed E-state index contributed by atoms with van der Waals surface area (Å²) in [4.78, 5) is 34.3. The first-order valence-electron chi connectivity index (χ1n) is 9.87. The Kier molecular flexibility index (Phi) is 5.00. The van der Waals surface area contributed by atoms with E-state index in [1.54, 1.807) is 36.4 Å². The average Bonchev–Trinajstić information content (AvgIpc) is 3.31. The molecule has 2 fully saturated rings. The molecule has 0 bridgehead atoms. The number of nitrogens with zero attached hydrogens (tertiary/aromatic N) is 2. The van der Waals surface area contributed by atoms with Gasteiger partial charge < -0.3 is 4.74 Å². The maximum atomic E-state index is 13.6. The number of fused-ring (bicyclic) bond motifs is 1. The molecule has 6 nitrogen and oxygen atoms in total. The van der Waals surface area contributed by atoms with E-state index in [0.717, 1.165) is 15.7 Å². The van der Waals surface area contributed by atoms with Crippen molar-refractivity contribution in [2.45, 2.75) is 12.1 Å². The number of carbonyl (C=O) groups excluding carboxylic acids is 2. The molecule has 0 radical (unpaired) electrons. The van der Waals surface area contributed by atoms with Crippen LogP contribution < -0.4 is 14.7 Å². The highest BCUT2D eigenvalue weighted by molar-refractivity contribution is 9.10. The van der Waals surface area contributed by atoms with E-state index < -0.39 is 18.1 Å². The van der Waals surface area contributed by atoms with E-state index in [1.807, 2.05) is 54.6 Å². The molecule has 3 aromatic rings. The van der Waals surface area contributed by atoms with E-state index in [-0.39, 0.29) is 11.8 Å². The average molecular weight is 479 g/mol. The third-order valence-corrected chi connectivity index (χ3v) is 6.20. The first-order valence-corrected chi connectivity index (χ1v) is 10.7. The molecule has 2 aliphatic rings. The van der Waals surface area contributed by atoms with E-state index in [4.69, 9.17) is 9.57 Å². The topological polar surface area (TPSA) is 59.1 Å². The number of amides is 2. The lowest BCUT2D eigenvalue weighted by Crippen LogP contribution is -2.37. The number of methoxy groups -OCH3 is 1. The molecule has 0 unspecified atom stereocenters. The van der Waals surface area contributed by atoms with Gasteiger partial charge >= 0.3 is 0 Å². The number of ether oxygens (including phenoxy) is 1. The maximum Gasteiger partial charge on any atom is 0.266 e. The largest absolute Gasteiger partial charge is 0.496 e. The van der Waals surface area contributed by atoms with Crippen LogP contribution in [-0.2, 0) is 14.4 Å². The third kappa shape index (κ3) is 3.21. The Morgan fingerprint density at radius 1 is 0.839 bits per heavy atom. The minimum absolute atomic E-state index is 0.286. The van der Waals surface area contributed by atoms with E-state index in [9.17, 15) is 9.59 Å². The number of hydrogen-bond acceptors (Lipinski definition) is 5. The second-order valence-corrected chi connectivity index (χ2v) is 8.30. The van der Waals surface area contributed by atoms with Crippen molar-refractivity contribution in [1.29, 1.82) is 0 Å². The first-order chi connectivity index (χ1) is 15.1. The standard InChI is InChI=1S/C24H19BrN2O4/c1-30-19-10-6-5-9-18(19)21-20-22(31-27(21)17-7-3-2-4-8-17)24(29)26(23(20)28)16-13-11-15(25)12-14-16/h2-14,20-22H,1H3/t20-,21+,22-/m1/s1. The van der Waals surface area contributed by atoms with Gasteiger partial charge in [0.15, 0.2) is 6.10 Å². The predicted octanol–water partition coefficient (Wildman–Crippen LogP) is 4.51. The van der Waals surface area contributed by atoms with Gasteiger partial charge in [-0.3, -0.25) is 14.4 Å². The number of carbonyl (C=O) groups is 2. The van der Waals surface area contributed by atoms with Crippen LogP contribution in [0, 0.1) is 5.92 Å². The fraction of sp³-hybridized carbons (Fsp3) is 0.167. The van der Waals surface area contributed by atoms with Crippen LogP contribution in [0.1, 0.15) is 11.6 Å². The highest BCUT2D eigenvalue weighted by Gasteiger charge is 2.60. The van der Waals surface area contributed by atoms with Crippen molar-refractivity contribution < 1.29 is 19.2 Å². The SMILES string of the molecule is COc1ccccc1[C@H]1[C@H]2C(=O)N(c3ccc(Br)cc3)C(=O)[C@@H]2ON1c1ccccc1. The van der Waals surface area contributed by atoms with Crippen LogP contribution in [-0.4, -0.2) is 25.0 Å². The fourth-order valence-electron chi connectivity index (χ4n) is 4.28. The summed E-state index contributed by atoms with van der Waals surface area (Å²) in [5, 5.41) is 1.67. The summed E-state index contributed by atoms with van der Waals surface area (Å²) in [6, 6.07) is 23.6. The van der Waals surface area contributed by atoms with Crippen LogP contribution in [0.2, 0.25) is 0 Å². The monoisotopic (exact) mass is 478 g/mol. The second-order valence-electron chi connectivity index (χ2n) is 7.39. The van der Waals surface area contributed by atoms with Gasteiger partial charge in [0, 0.05) is 10.0 Å². The molecule has 0 saturated carbocycles. The predicted molar refractivity (Wildman–Crippen MR) is 120 cm³/mol. The van der Waals surface area contributed by atoms with Gasteiger partial charge in [0.1, 0.15) is 11.7 Å². The van der Waals surface area contributed by atoms with Gasteiger partial charge in [-0.25, -0.2) is 9.96 Å². The summed E-state index contributed by atoms with van der Waals surface area (Å²) >= 11 is 3.39. The third-order valence-electron chi connectivity index (χ3n) is 5.67. The van der Waals surface area contributed by atoms with E-state index in [0.29, 0.717) is 11.4 Å². The number of para-hydroxylation sites is 2. The number of hydroxylamine groups is 1. The Hall–Kier alpha value is -3.16. The zero-order chi connectivity index (χ0) is 21.5. The van der Waals surface area contributed by atoms with Crippen LogP contribution in [0.15, 0.2) is 83.3 Å². The van der Waals surface area contributed by atoms with Gasteiger partial charge in [0.2, 0.25) is 5.91 Å². The molecule has 2 amide bonds. The van der Waals surface area contributed by atoms with Crippen molar-refractivity contribution in [1.82, 2.24) is 0 Å². The number of rotatable bonds is 4. The molecule has 156 valence electrons. The van der Waals surface area contributed by atoms with Crippen LogP contribution in [0.3, 0.4) is 0 Å². The lowest BCUT2D eigenvalue weighted by atomic mass is 9.90. The van der Waals surface area contributed by atoms with Gasteiger partial charge in [0.05, 0.1) is 24.5 Å². The number of hydrogen-bond donors (Lipinski definition) is 0. The van der Waals surface area contributed by atoms with Crippen molar-refractivity contribution in [3.8, 4) is 5.75 Å². The number of benzene rings is 3. The minimum Gasteiger partial charge on any atom is -0.496 e. The molecular weight excluding hydrogens is 460 g/mol. The molecule has 31 heavy (non-hydrogen) atoms. The first kappa shape index (κ1) is 19.8. The molecule has 7 heteroatoms. The van der Waals surface area contributed by atoms with Crippen LogP contribution in [0.5, 0.6) is 5.75 Å². The molecule has 2 aliphatic heterocycles. The number of imide groups is 1. The zero-order valence-corrected chi connectivity index (χ0v) is 18.2. The van der Waals surface area contributed by atoms with Crippen molar-refractivity contribution in [2.75, 3.05) is 17.1 Å². The van der Waals surface area contributed by atoms with Gasteiger partial charge in [-0.1, -0.05) is 52.3 Å². The summed E-state index contributed by atoms with van der Waals surface area (Å²) in [7, 11) is 1.59. The molecule has 0 spiro atoms. The van der Waals surface area contributed by atoms with Crippen LogP contribution in [0.4, 0.5) is 11.4 Å². The molecule has 3 atom stereocenters.